The number of ether oxygens (including phenoxy) is 1. The third kappa shape index (κ3) is 2.54. The summed E-state index contributed by atoms with van der Waals surface area (Å²) in [5.74, 6) is 0. The van der Waals surface area contributed by atoms with E-state index < -0.39 is 0 Å². The summed E-state index contributed by atoms with van der Waals surface area (Å²) in [6.07, 6.45) is 3.94. The van der Waals surface area contributed by atoms with Crippen LogP contribution in [0, 0.1) is 0 Å². The van der Waals surface area contributed by atoms with Gasteiger partial charge in [-0.2, -0.15) is 5.10 Å². The molecule has 1 aromatic heterocycles. The lowest BCUT2D eigenvalue weighted by Crippen LogP contribution is -2.27. The lowest BCUT2D eigenvalue weighted by molar-refractivity contribution is 0.0904. The predicted molar refractivity (Wildman–Crippen MR) is 71.5 cm³/mol. The quantitative estimate of drug-likeness (QED) is 0.871. The number of anilines is 1. The number of hydrogen-bond acceptors (Lipinski definition) is 3. The van der Waals surface area contributed by atoms with Crippen molar-refractivity contribution < 1.29 is 4.74 Å². The van der Waals surface area contributed by atoms with Gasteiger partial charge in [0, 0.05) is 31.1 Å². The first kappa shape index (κ1) is 11.3. The molecule has 0 aliphatic carbocycles. The maximum atomic E-state index is 5.35. The Balaban J connectivity index is 1.67. The fraction of sp³-hybridized carbons (Fsp3) is 0.357. The normalized spacial score (nSPS) is 16.7. The summed E-state index contributed by atoms with van der Waals surface area (Å²) in [7, 11) is 0. The van der Waals surface area contributed by atoms with Gasteiger partial charge in [-0.05, 0) is 36.6 Å². The van der Waals surface area contributed by atoms with Crippen molar-refractivity contribution in [1.82, 2.24) is 10.2 Å². The van der Waals surface area contributed by atoms with Crippen LogP contribution in [0.4, 0.5) is 5.69 Å². The second-order valence-corrected chi connectivity index (χ2v) is 4.58. The van der Waals surface area contributed by atoms with E-state index in [9.17, 15) is 0 Å². The van der Waals surface area contributed by atoms with Crippen molar-refractivity contribution >= 4 is 5.69 Å². The molecule has 0 amide bonds. The number of nitrogens with one attached hydrogen (secondary N) is 2. The standard InChI is InChI=1S/C14H17N3O/c1-3-12(16-13-6-9-18-10-7-13)4-2-11(1)14-5-8-15-17-14/h1-5,8,13,16H,6-7,9-10H2,(H,15,17). The van der Waals surface area contributed by atoms with Crippen LogP contribution in [0.5, 0.6) is 0 Å². The second kappa shape index (κ2) is 5.23. The highest BCUT2D eigenvalue weighted by Gasteiger charge is 2.13. The molecule has 94 valence electrons. The van der Waals surface area contributed by atoms with Gasteiger partial charge in [-0.3, -0.25) is 5.10 Å². The van der Waals surface area contributed by atoms with E-state index in [1.807, 2.05) is 6.07 Å². The molecule has 1 aliphatic heterocycles. The summed E-state index contributed by atoms with van der Waals surface area (Å²) in [4.78, 5) is 0. The van der Waals surface area contributed by atoms with Crippen molar-refractivity contribution in [3.8, 4) is 11.3 Å². The van der Waals surface area contributed by atoms with Crippen molar-refractivity contribution in [2.75, 3.05) is 18.5 Å². The van der Waals surface area contributed by atoms with Crippen LogP contribution < -0.4 is 5.32 Å². The van der Waals surface area contributed by atoms with Crippen LogP contribution in [0.3, 0.4) is 0 Å². The molecule has 1 saturated heterocycles. The second-order valence-electron chi connectivity index (χ2n) is 4.58. The van der Waals surface area contributed by atoms with Gasteiger partial charge in [0.1, 0.15) is 0 Å². The maximum Gasteiger partial charge on any atom is 0.0650 e. The SMILES string of the molecule is c1cc(-c2ccc(NC3CCOCC3)cc2)[nH]n1. The Labute approximate surface area is 106 Å². The van der Waals surface area contributed by atoms with Gasteiger partial charge in [-0.25, -0.2) is 0 Å². The zero-order chi connectivity index (χ0) is 12.2. The molecule has 0 saturated carbocycles. The molecule has 4 heteroatoms. The van der Waals surface area contributed by atoms with Crippen LogP contribution in [0.2, 0.25) is 0 Å². The molecule has 2 aromatic rings. The molecule has 0 bridgehead atoms. The molecule has 3 rings (SSSR count). The van der Waals surface area contributed by atoms with Crippen LogP contribution in [0.1, 0.15) is 12.8 Å². The van der Waals surface area contributed by atoms with Crippen molar-refractivity contribution in [1.29, 1.82) is 0 Å². The molecular formula is C14H17N3O. The van der Waals surface area contributed by atoms with E-state index in [1.165, 1.54) is 5.69 Å². The minimum Gasteiger partial charge on any atom is -0.382 e. The lowest BCUT2D eigenvalue weighted by Gasteiger charge is -2.24. The van der Waals surface area contributed by atoms with Crippen molar-refractivity contribution in [3.05, 3.63) is 36.5 Å². The molecule has 0 spiro atoms. The van der Waals surface area contributed by atoms with Crippen molar-refractivity contribution in [3.63, 3.8) is 0 Å². The summed E-state index contributed by atoms with van der Waals surface area (Å²) < 4.78 is 5.35. The molecule has 0 radical (unpaired) electrons. The number of nitrogens with zero attached hydrogens (tertiary/aromatic N) is 1. The Morgan fingerprint density at radius 1 is 1.11 bits per heavy atom. The average Bonchev–Trinajstić information content (AvgIpc) is 2.95. The Morgan fingerprint density at radius 3 is 2.56 bits per heavy atom. The Morgan fingerprint density at radius 2 is 1.89 bits per heavy atom. The topological polar surface area (TPSA) is 49.9 Å². The largest absolute Gasteiger partial charge is 0.382 e. The minimum absolute atomic E-state index is 0.539. The van der Waals surface area contributed by atoms with Gasteiger partial charge in [0.25, 0.3) is 0 Å². The highest BCUT2D eigenvalue weighted by Crippen LogP contribution is 2.20. The summed E-state index contributed by atoms with van der Waals surface area (Å²) in [6.45, 7) is 1.73. The summed E-state index contributed by atoms with van der Waals surface area (Å²) in [6, 6.07) is 11.0. The molecule has 18 heavy (non-hydrogen) atoms. The van der Waals surface area contributed by atoms with E-state index in [0.29, 0.717) is 6.04 Å². The van der Waals surface area contributed by atoms with Gasteiger partial charge in [-0.15, -0.1) is 0 Å². The number of aromatic amines is 1. The predicted octanol–water partition coefficient (Wildman–Crippen LogP) is 2.67. The fourth-order valence-corrected chi connectivity index (χ4v) is 2.24. The number of rotatable bonds is 3. The van der Waals surface area contributed by atoms with Crippen LogP contribution in [0.25, 0.3) is 11.3 Å². The van der Waals surface area contributed by atoms with Crippen molar-refractivity contribution in [2.24, 2.45) is 0 Å². The molecule has 4 nitrogen and oxygen atoms in total. The van der Waals surface area contributed by atoms with Gasteiger partial charge in [0.2, 0.25) is 0 Å². The molecule has 1 aromatic carbocycles. The molecule has 2 heterocycles. The average molecular weight is 243 g/mol. The lowest BCUT2D eigenvalue weighted by atomic mass is 10.1. The zero-order valence-electron chi connectivity index (χ0n) is 10.2. The van der Waals surface area contributed by atoms with Crippen molar-refractivity contribution in [2.45, 2.75) is 18.9 Å². The van der Waals surface area contributed by atoms with Crippen LogP contribution in [0.15, 0.2) is 36.5 Å². The van der Waals surface area contributed by atoms with Gasteiger partial charge in [0.05, 0.1) is 5.69 Å². The summed E-state index contributed by atoms with van der Waals surface area (Å²) >= 11 is 0. The molecule has 0 atom stereocenters. The number of hydrogen-bond donors (Lipinski definition) is 2. The first-order chi connectivity index (χ1) is 8.92. The Kier molecular flexibility index (Phi) is 3.28. The first-order valence-corrected chi connectivity index (χ1v) is 6.36. The van der Waals surface area contributed by atoms with Gasteiger partial charge in [-0.1, -0.05) is 12.1 Å². The van der Waals surface area contributed by atoms with E-state index in [-0.39, 0.29) is 0 Å². The molecule has 2 N–H and O–H groups in total. The Bertz CT molecular complexity index is 472. The number of H-pyrrole nitrogens is 1. The zero-order valence-corrected chi connectivity index (χ0v) is 10.2. The van der Waals surface area contributed by atoms with E-state index in [2.05, 4.69) is 39.8 Å². The monoisotopic (exact) mass is 243 g/mol. The third-order valence-electron chi connectivity index (χ3n) is 3.29. The molecular weight excluding hydrogens is 226 g/mol. The van der Waals surface area contributed by atoms with Crippen LogP contribution in [-0.2, 0) is 4.74 Å². The molecule has 1 fully saturated rings. The van der Waals surface area contributed by atoms with E-state index in [1.54, 1.807) is 6.20 Å². The highest BCUT2D eigenvalue weighted by atomic mass is 16.5. The maximum absolute atomic E-state index is 5.35. The van der Waals surface area contributed by atoms with Gasteiger partial charge >= 0.3 is 0 Å². The summed E-state index contributed by atoms with van der Waals surface area (Å²) in [5.41, 5.74) is 3.38. The Hall–Kier alpha value is -1.81. The fourth-order valence-electron chi connectivity index (χ4n) is 2.24. The summed E-state index contributed by atoms with van der Waals surface area (Å²) in [5, 5.41) is 10.5. The number of benzene rings is 1. The molecule has 0 unspecified atom stereocenters. The van der Waals surface area contributed by atoms with Gasteiger partial charge < -0.3 is 10.1 Å². The van der Waals surface area contributed by atoms with E-state index in [4.69, 9.17) is 4.74 Å². The minimum atomic E-state index is 0.539. The highest BCUT2D eigenvalue weighted by molar-refractivity contribution is 5.62. The number of aromatic nitrogens is 2. The molecule has 1 aliphatic rings. The third-order valence-corrected chi connectivity index (χ3v) is 3.29. The van der Waals surface area contributed by atoms with Gasteiger partial charge in [0.15, 0.2) is 0 Å². The first-order valence-electron chi connectivity index (χ1n) is 6.36. The van der Waals surface area contributed by atoms with E-state index >= 15 is 0 Å². The van der Waals surface area contributed by atoms with E-state index in [0.717, 1.165) is 37.3 Å². The van der Waals surface area contributed by atoms with Crippen LogP contribution >= 0.6 is 0 Å². The smallest absolute Gasteiger partial charge is 0.0650 e. The van der Waals surface area contributed by atoms with Crippen LogP contribution in [-0.4, -0.2) is 29.5 Å².